The summed E-state index contributed by atoms with van der Waals surface area (Å²) in [6.45, 7) is 4.58. The molecule has 0 aliphatic heterocycles. The third-order valence-corrected chi connectivity index (χ3v) is 4.91. The summed E-state index contributed by atoms with van der Waals surface area (Å²) in [5.74, 6) is 1.48. The van der Waals surface area contributed by atoms with E-state index >= 15 is 0 Å². The fourth-order valence-corrected chi connectivity index (χ4v) is 3.31. The van der Waals surface area contributed by atoms with Crippen molar-refractivity contribution in [3.63, 3.8) is 0 Å². The zero-order valence-electron chi connectivity index (χ0n) is 16.6. The van der Waals surface area contributed by atoms with Gasteiger partial charge >= 0.3 is 0 Å². The van der Waals surface area contributed by atoms with Crippen LogP contribution in [-0.2, 0) is 13.6 Å². The first-order chi connectivity index (χ1) is 14.0. The summed E-state index contributed by atoms with van der Waals surface area (Å²) in [7, 11) is 1.85. The molecule has 0 amide bonds. The summed E-state index contributed by atoms with van der Waals surface area (Å²) >= 11 is 0. The summed E-state index contributed by atoms with van der Waals surface area (Å²) in [6.07, 6.45) is 3.64. The number of aromatic nitrogens is 4. The van der Waals surface area contributed by atoms with E-state index in [9.17, 15) is 5.26 Å². The molecule has 3 aromatic heterocycles. The van der Waals surface area contributed by atoms with Gasteiger partial charge in [0.05, 0.1) is 17.3 Å². The molecule has 29 heavy (non-hydrogen) atoms. The average molecular weight is 386 g/mol. The number of hydrogen-bond acceptors (Lipinski definition) is 5. The quantitative estimate of drug-likeness (QED) is 0.560. The van der Waals surface area contributed by atoms with E-state index in [0.717, 1.165) is 28.2 Å². The minimum atomic E-state index is 0.289. The second-order valence-corrected chi connectivity index (χ2v) is 7.17. The van der Waals surface area contributed by atoms with E-state index in [2.05, 4.69) is 30.0 Å². The van der Waals surface area contributed by atoms with Gasteiger partial charge in [0.1, 0.15) is 11.4 Å². The Hall–Kier alpha value is -3.63. The van der Waals surface area contributed by atoms with Gasteiger partial charge in [0.25, 0.3) is 0 Å². The highest BCUT2D eigenvalue weighted by atomic mass is 16.5. The maximum Gasteiger partial charge on any atom is 0.217 e. The van der Waals surface area contributed by atoms with Crippen LogP contribution in [-0.4, -0.2) is 19.2 Å². The van der Waals surface area contributed by atoms with E-state index < -0.39 is 0 Å². The lowest BCUT2D eigenvalue weighted by atomic mass is 10.0. The Kier molecular flexibility index (Phi) is 4.79. The van der Waals surface area contributed by atoms with E-state index in [1.54, 1.807) is 23.0 Å². The van der Waals surface area contributed by atoms with Gasteiger partial charge < -0.3 is 14.9 Å². The predicted molar refractivity (Wildman–Crippen MR) is 111 cm³/mol. The molecule has 0 aliphatic carbocycles. The SMILES string of the molecule is CC(C)c1cc(Oc2cc(C#N)ccc2-c2ccc(CN)n3ccnc23)n(C)n1. The third kappa shape index (κ3) is 3.35. The highest BCUT2D eigenvalue weighted by Crippen LogP contribution is 2.36. The molecule has 7 heteroatoms. The lowest BCUT2D eigenvalue weighted by Crippen LogP contribution is -2.04. The third-order valence-electron chi connectivity index (χ3n) is 4.91. The molecule has 0 saturated carbocycles. The lowest BCUT2D eigenvalue weighted by molar-refractivity contribution is 0.432. The number of ether oxygens (including phenoxy) is 1. The molecule has 7 nitrogen and oxygen atoms in total. The van der Waals surface area contributed by atoms with E-state index in [4.69, 9.17) is 10.5 Å². The van der Waals surface area contributed by atoms with E-state index in [-0.39, 0.29) is 5.92 Å². The average Bonchev–Trinajstić information content (AvgIpc) is 3.35. The lowest BCUT2D eigenvalue weighted by Gasteiger charge is -2.13. The Morgan fingerprint density at radius 2 is 1.97 bits per heavy atom. The van der Waals surface area contributed by atoms with E-state index in [1.165, 1.54) is 0 Å². The number of benzene rings is 1. The molecule has 0 fully saturated rings. The van der Waals surface area contributed by atoms with Crippen LogP contribution in [0.1, 0.15) is 36.7 Å². The van der Waals surface area contributed by atoms with Gasteiger partial charge in [0, 0.05) is 48.9 Å². The van der Waals surface area contributed by atoms with Crippen LogP contribution in [0.15, 0.2) is 48.8 Å². The van der Waals surface area contributed by atoms with Crippen molar-refractivity contribution >= 4 is 5.65 Å². The first-order valence-electron chi connectivity index (χ1n) is 9.43. The minimum Gasteiger partial charge on any atom is -0.439 e. The van der Waals surface area contributed by atoms with Gasteiger partial charge in [-0.3, -0.25) is 0 Å². The molecular formula is C22H22N6O. The molecule has 0 spiro atoms. The molecule has 4 aromatic rings. The summed E-state index contributed by atoms with van der Waals surface area (Å²) in [5, 5.41) is 13.9. The Labute approximate surface area is 169 Å². The van der Waals surface area contributed by atoms with Gasteiger partial charge in [-0.15, -0.1) is 0 Å². The number of pyridine rings is 1. The Morgan fingerprint density at radius 3 is 2.66 bits per heavy atom. The number of rotatable bonds is 5. The Bertz CT molecular complexity index is 1230. The number of aryl methyl sites for hydroxylation is 1. The van der Waals surface area contributed by atoms with E-state index in [0.29, 0.717) is 23.7 Å². The largest absolute Gasteiger partial charge is 0.439 e. The second-order valence-electron chi connectivity index (χ2n) is 7.17. The number of nitrogens with zero attached hydrogens (tertiary/aromatic N) is 5. The topological polar surface area (TPSA) is 94.2 Å². The van der Waals surface area contributed by atoms with Crippen molar-refractivity contribution in [2.24, 2.45) is 12.8 Å². The molecule has 0 bridgehead atoms. The normalized spacial score (nSPS) is 11.2. The number of hydrogen-bond donors (Lipinski definition) is 1. The number of nitriles is 1. The molecule has 3 heterocycles. The van der Waals surface area contributed by atoms with E-state index in [1.807, 2.05) is 41.9 Å². The van der Waals surface area contributed by atoms with Gasteiger partial charge in [-0.2, -0.15) is 10.4 Å². The van der Waals surface area contributed by atoms with Crippen LogP contribution >= 0.6 is 0 Å². The first-order valence-corrected chi connectivity index (χ1v) is 9.43. The Balaban J connectivity index is 1.86. The molecule has 0 aliphatic rings. The fourth-order valence-electron chi connectivity index (χ4n) is 3.31. The van der Waals surface area contributed by atoms with Gasteiger partial charge in [-0.05, 0) is 36.2 Å². The standard InChI is InChI=1S/C22H22N6O/c1-14(2)19-11-21(27(3)26-19)29-20-10-15(12-23)4-6-17(20)18-7-5-16(13-24)28-9-8-25-22(18)28/h4-11,14H,13,24H2,1-3H3. The molecule has 146 valence electrons. The van der Waals surface area contributed by atoms with Crippen LogP contribution in [0.4, 0.5) is 0 Å². The molecule has 0 unspecified atom stereocenters. The summed E-state index contributed by atoms with van der Waals surface area (Å²) in [5.41, 5.74) is 10.8. The van der Waals surface area contributed by atoms with Crippen molar-refractivity contribution < 1.29 is 4.74 Å². The molecule has 1 aromatic carbocycles. The predicted octanol–water partition coefficient (Wildman–Crippen LogP) is 3.98. The maximum absolute atomic E-state index is 9.37. The van der Waals surface area contributed by atoms with Crippen molar-refractivity contribution in [2.45, 2.75) is 26.3 Å². The van der Waals surface area contributed by atoms with Crippen LogP contribution in [0, 0.1) is 11.3 Å². The van der Waals surface area contributed by atoms with Crippen molar-refractivity contribution in [2.75, 3.05) is 0 Å². The highest BCUT2D eigenvalue weighted by Gasteiger charge is 2.17. The minimum absolute atomic E-state index is 0.289. The molecule has 4 rings (SSSR count). The first kappa shape index (κ1) is 18.7. The van der Waals surface area contributed by atoms with Gasteiger partial charge in [0.2, 0.25) is 5.88 Å². The molecule has 0 atom stereocenters. The van der Waals surface area contributed by atoms with Gasteiger partial charge in [-0.1, -0.05) is 13.8 Å². The smallest absolute Gasteiger partial charge is 0.217 e. The van der Waals surface area contributed by atoms with Crippen molar-refractivity contribution in [1.29, 1.82) is 5.26 Å². The summed E-state index contributed by atoms with van der Waals surface area (Å²) < 4.78 is 9.92. The number of imidazole rings is 1. The van der Waals surface area contributed by atoms with Crippen LogP contribution in [0.2, 0.25) is 0 Å². The van der Waals surface area contributed by atoms with Crippen molar-refractivity contribution in [3.8, 4) is 28.8 Å². The molecule has 0 saturated heterocycles. The Morgan fingerprint density at radius 1 is 1.17 bits per heavy atom. The van der Waals surface area contributed by atoms with Gasteiger partial charge in [0.15, 0.2) is 0 Å². The molecule has 2 N–H and O–H groups in total. The maximum atomic E-state index is 9.37. The van der Waals surface area contributed by atoms with Crippen LogP contribution in [0.3, 0.4) is 0 Å². The number of fused-ring (bicyclic) bond motifs is 1. The van der Waals surface area contributed by atoms with Crippen LogP contribution in [0.25, 0.3) is 16.8 Å². The van der Waals surface area contributed by atoms with Gasteiger partial charge in [-0.25, -0.2) is 9.67 Å². The number of nitrogens with two attached hydrogens (primary N) is 1. The summed E-state index contributed by atoms with van der Waals surface area (Å²) in [6, 6.07) is 13.5. The molecular weight excluding hydrogens is 364 g/mol. The zero-order valence-corrected chi connectivity index (χ0v) is 16.6. The molecule has 0 radical (unpaired) electrons. The summed E-state index contributed by atoms with van der Waals surface area (Å²) in [4.78, 5) is 4.51. The highest BCUT2D eigenvalue weighted by molar-refractivity contribution is 5.82. The van der Waals surface area contributed by atoms with Crippen molar-refractivity contribution in [1.82, 2.24) is 19.2 Å². The monoisotopic (exact) mass is 386 g/mol. The zero-order chi connectivity index (χ0) is 20.5. The second kappa shape index (κ2) is 7.41. The fraction of sp³-hybridized carbons (Fsp3) is 0.227. The van der Waals surface area contributed by atoms with Crippen LogP contribution < -0.4 is 10.5 Å². The van der Waals surface area contributed by atoms with Crippen molar-refractivity contribution in [3.05, 3.63) is 65.7 Å². The van der Waals surface area contributed by atoms with Crippen LogP contribution in [0.5, 0.6) is 11.6 Å².